The molecule has 0 bridgehead atoms. The number of carbonyl (C=O) groups is 1. The Bertz CT molecular complexity index is 479. The first-order valence-corrected chi connectivity index (χ1v) is 6.70. The summed E-state index contributed by atoms with van der Waals surface area (Å²) in [6.45, 7) is -1.29. The van der Waals surface area contributed by atoms with E-state index in [-0.39, 0.29) is 22.6 Å². The second kappa shape index (κ2) is 6.85. The third-order valence-corrected chi connectivity index (χ3v) is 3.42. The largest absolute Gasteiger partial charge is 0.433 e. The summed E-state index contributed by atoms with van der Waals surface area (Å²) < 4.78 is 28.4. The molecule has 4 nitrogen and oxygen atoms in total. The summed E-state index contributed by atoms with van der Waals surface area (Å²) >= 11 is 5.82. The first-order valence-electron chi connectivity index (χ1n) is 6.32. The SMILES string of the molecule is O=C(Nc1ccc(OC(F)F)c(Cl)c1)C1CCNCC1. The fourth-order valence-corrected chi connectivity index (χ4v) is 2.32. The van der Waals surface area contributed by atoms with Crippen molar-refractivity contribution >= 4 is 23.2 Å². The molecule has 0 aliphatic carbocycles. The lowest BCUT2D eigenvalue weighted by Gasteiger charge is -2.21. The quantitative estimate of drug-likeness (QED) is 0.899. The van der Waals surface area contributed by atoms with Gasteiger partial charge in [0.15, 0.2) is 0 Å². The van der Waals surface area contributed by atoms with Crippen LogP contribution in [0.1, 0.15) is 12.8 Å². The van der Waals surface area contributed by atoms with Crippen LogP contribution in [0.5, 0.6) is 5.75 Å². The fraction of sp³-hybridized carbons (Fsp3) is 0.462. The van der Waals surface area contributed by atoms with E-state index < -0.39 is 6.61 Å². The van der Waals surface area contributed by atoms with Crippen molar-refractivity contribution in [3.05, 3.63) is 23.2 Å². The molecule has 7 heteroatoms. The van der Waals surface area contributed by atoms with Gasteiger partial charge in [-0.3, -0.25) is 4.79 Å². The Labute approximate surface area is 120 Å². The van der Waals surface area contributed by atoms with Crippen LogP contribution in [0.25, 0.3) is 0 Å². The molecular weight excluding hydrogens is 290 g/mol. The Kier molecular flexibility index (Phi) is 5.14. The van der Waals surface area contributed by atoms with Crippen LogP contribution in [0.2, 0.25) is 5.02 Å². The molecule has 1 amide bonds. The molecule has 110 valence electrons. The molecule has 1 saturated heterocycles. The van der Waals surface area contributed by atoms with E-state index in [0.29, 0.717) is 5.69 Å². The van der Waals surface area contributed by atoms with Crippen LogP contribution >= 0.6 is 11.6 Å². The van der Waals surface area contributed by atoms with Gasteiger partial charge in [-0.1, -0.05) is 11.6 Å². The topological polar surface area (TPSA) is 50.4 Å². The summed E-state index contributed by atoms with van der Waals surface area (Å²) in [6, 6.07) is 4.20. The van der Waals surface area contributed by atoms with Gasteiger partial charge in [0.2, 0.25) is 5.91 Å². The van der Waals surface area contributed by atoms with Crippen molar-refractivity contribution in [1.29, 1.82) is 0 Å². The predicted octanol–water partition coefficient (Wildman–Crippen LogP) is 2.88. The number of anilines is 1. The smallest absolute Gasteiger partial charge is 0.387 e. The van der Waals surface area contributed by atoms with Crippen LogP contribution in [0.4, 0.5) is 14.5 Å². The van der Waals surface area contributed by atoms with E-state index in [0.717, 1.165) is 25.9 Å². The van der Waals surface area contributed by atoms with Crippen LogP contribution < -0.4 is 15.4 Å². The monoisotopic (exact) mass is 304 g/mol. The van der Waals surface area contributed by atoms with Crippen molar-refractivity contribution in [3.8, 4) is 5.75 Å². The van der Waals surface area contributed by atoms with E-state index in [1.165, 1.54) is 18.2 Å². The van der Waals surface area contributed by atoms with Gasteiger partial charge in [0.25, 0.3) is 0 Å². The molecule has 0 saturated carbocycles. The molecule has 1 fully saturated rings. The van der Waals surface area contributed by atoms with Crippen LogP contribution in [-0.4, -0.2) is 25.6 Å². The average molecular weight is 305 g/mol. The molecule has 2 rings (SSSR count). The normalized spacial score (nSPS) is 16.2. The lowest BCUT2D eigenvalue weighted by molar-refractivity contribution is -0.120. The minimum absolute atomic E-state index is 0.0352. The first kappa shape index (κ1) is 15.0. The highest BCUT2D eigenvalue weighted by molar-refractivity contribution is 6.32. The van der Waals surface area contributed by atoms with Crippen molar-refractivity contribution in [2.24, 2.45) is 5.92 Å². The Hall–Kier alpha value is -1.40. The van der Waals surface area contributed by atoms with Gasteiger partial charge < -0.3 is 15.4 Å². The van der Waals surface area contributed by atoms with E-state index in [1.807, 2.05) is 0 Å². The fourth-order valence-electron chi connectivity index (χ4n) is 2.10. The summed E-state index contributed by atoms with van der Waals surface area (Å²) in [6.07, 6.45) is 1.57. The Morgan fingerprint density at radius 1 is 1.40 bits per heavy atom. The summed E-state index contributed by atoms with van der Waals surface area (Å²) in [7, 11) is 0. The summed E-state index contributed by atoms with van der Waals surface area (Å²) in [5.41, 5.74) is 0.472. The third-order valence-electron chi connectivity index (χ3n) is 3.13. The number of benzene rings is 1. The Balaban J connectivity index is 1.99. The van der Waals surface area contributed by atoms with Crippen molar-refractivity contribution in [2.75, 3.05) is 18.4 Å². The van der Waals surface area contributed by atoms with Gasteiger partial charge in [-0.15, -0.1) is 0 Å². The maximum absolute atomic E-state index is 12.1. The zero-order valence-corrected chi connectivity index (χ0v) is 11.4. The summed E-state index contributed by atoms with van der Waals surface area (Å²) in [5.74, 6) is -0.223. The predicted molar refractivity (Wildman–Crippen MR) is 72.3 cm³/mol. The first-order chi connectivity index (χ1) is 9.56. The second-order valence-corrected chi connectivity index (χ2v) is 4.94. The number of ether oxygens (including phenoxy) is 1. The van der Waals surface area contributed by atoms with Crippen molar-refractivity contribution < 1.29 is 18.3 Å². The number of hydrogen-bond acceptors (Lipinski definition) is 3. The molecule has 1 aromatic carbocycles. The maximum atomic E-state index is 12.1. The average Bonchev–Trinajstić information content (AvgIpc) is 2.42. The number of carbonyl (C=O) groups excluding carboxylic acids is 1. The minimum atomic E-state index is -2.93. The number of hydrogen-bond donors (Lipinski definition) is 2. The lowest BCUT2D eigenvalue weighted by Crippen LogP contribution is -2.34. The van der Waals surface area contributed by atoms with Gasteiger partial charge in [-0.05, 0) is 44.1 Å². The number of nitrogens with one attached hydrogen (secondary N) is 2. The van der Waals surface area contributed by atoms with E-state index in [4.69, 9.17) is 11.6 Å². The highest BCUT2D eigenvalue weighted by Crippen LogP contribution is 2.29. The van der Waals surface area contributed by atoms with E-state index in [2.05, 4.69) is 15.4 Å². The number of piperidine rings is 1. The zero-order chi connectivity index (χ0) is 14.5. The van der Waals surface area contributed by atoms with Gasteiger partial charge >= 0.3 is 6.61 Å². The molecule has 0 spiro atoms. The van der Waals surface area contributed by atoms with Crippen LogP contribution in [-0.2, 0) is 4.79 Å². The molecule has 0 aromatic heterocycles. The number of halogens is 3. The highest BCUT2D eigenvalue weighted by atomic mass is 35.5. The van der Waals surface area contributed by atoms with E-state index in [9.17, 15) is 13.6 Å². The molecule has 2 N–H and O–H groups in total. The maximum Gasteiger partial charge on any atom is 0.387 e. The molecule has 1 aromatic rings. The molecule has 1 aliphatic heterocycles. The van der Waals surface area contributed by atoms with Crippen LogP contribution in [0.3, 0.4) is 0 Å². The summed E-state index contributed by atoms with van der Waals surface area (Å²) in [4.78, 5) is 12.0. The van der Waals surface area contributed by atoms with Crippen molar-refractivity contribution in [2.45, 2.75) is 19.5 Å². The Morgan fingerprint density at radius 3 is 2.70 bits per heavy atom. The van der Waals surface area contributed by atoms with Gasteiger partial charge in [-0.2, -0.15) is 8.78 Å². The van der Waals surface area contributed by atoms with Gasteiger partial charge in [0, 0.05) is 11.6 Å². The third kappa shape index (κ3) is 4.05. The van der Waals surface area contributed by atoms with Crippen LogP contribution in [0.15, 0.2) is 18.2 Å². The number of amides is 1. The van der Waals surface area contributed by atoms with Crippen molar-refractivity contribution in [3.63, 3.8) is 0 Å². The van der Waals surface area contributed by atoms with E-state index >= 15 is 0 Å². The minimum Gasteiger partial charge on any atom is -0.433 e. The molecule has 1 heterocycles. The molecule has 20 heavy (non-hydrogen) atoms. The summed E-state index contributed by atoms with van der Waals surface area (Å²) in [5, 5.41) is 5.95. The van der Waals surface area contributed by atoms with Gasteiger partial charge in [-0.25, -0.2) is 0 Å². The van der Waals surface area contributed by atoms with Gasteiger partial charge in [0.1, 0.15) is 5.75 Å². The molecule has 0 unspecified atom stereocenters. The molecule has 0 radical (unpaired) electrons. The molecule has 0 atom stereocenters. The standard InChI is InChI=1S/C13H15ClF2N2O2/c14-10-7-9(1-2-11(10)20-13(15)16)18-12(19)8-3-5-17-6-4-8/h1-2,7-8,13,17H,3-6H2,(H,18,19). The zero-order valence-electron chi connectivity index (χ0n) is 10.7. The number of rotatable bonds is 4. The molecular formula is C13H15ClF2N2O2. The van der Waals surface area contributed by atoms with Gasteiger partial charge in [0.05, 0.1) is 5.02 Å². The van der Waals surface area contributed by atoms with Crippen LogP contribution in [0, 0.1) is 5.92 Å². The highest BCUT2D eigenvalue weighted by Gasteiger charge is 2.21. The second-order valence-electron chi connectivity index (χ2n) is 4.54. The molecule has 1 aliphatic rings. The number of alkyl halides is 2. The Morgan fingerprint density at radius 2 is 2.10 bits per heavy atom. The lowest BCUT2D eigenvalue weighted by atomic mass is 9.97. The van der Waals surface area contributed by atoms with Crippen molar-refractivity contribution in [1.82, 2.24) is 5.32 Å². The van der Waals surface area contributed by atoms with E-state index in [1.54, 1.807) is 0 Å².